The predicted molar refractivity (Wildman–Crippen MR) is 59.1 cm³/mol. The van der Waals surface area contributed by atoms with Crippen molar-refractivity contribution >= 4 is 17.2 Å². The molecule has 0 aliphatic carbocycles. The van der Waals surface area contributed by atoms with Crippen molar-refractivity contribution in [3.63, 3.8) is 0 Å². The summed E-state index contributed by atoms with van der Waals surface area (Å²) in [6.45, 7) is 1.90. The smallest absolute Gasteiger partial charge is 0.152 e. The third-order valence-electron chi connectivity index (χ3n) is 3.04. The summed E-state index contributed by atoms with van der Waals surface area (Å²) >= 11 is 0. The molecule has 3 heteroatoms. The van der Waals surface area contributed by atoms with Gasteiger partial charge in [-0.15, -0.1) is 0 Å². The van der Waals surface area contributed by atoms with E-state index in [2.05, 4.69) is 16.4 Å². The molecule has 0 fully saturated rings. The van der Waals surface area contributed by atoms with Crippen molar-refractivity contribution in [2.75, 3.05) is 6.54 Å². The van der Waals surface area contributed by atoms with Crippen molar-refractivity contribution in [2.24, 2.45) is 0 Å². The van der Waals surface area contributed by atoms with Crippen LogP contribution >= 0.6 is 0 Å². The molecule has 1 aliphatic rings. The molecule has 3 nitrogen and oxygen atoms in total. The number of fused-ring (bicyclic) bond motifs is 3. The number of benzene rings is 1. The van der Waals surface area contributed by atoms with Crippen molar-refractivity contribution < 1.29 is 4.79 Å². The van der Waals surface area contributed by atoms with E-state index in [1.54, 1.807) is 0 Å². The number of aromatic nitrogens is 1. The Kier molecular flexibility index (Phi) is 1.86. The van der Waals surface area contributed by atoms with E-state index in [1.165, 1.54) is 16.6 Å². The van der Waals surface area contributed by atoms with Gasteiger partial charge < -0.3 is 10.3 Å². The highest BCUT2D eigenvalue weighted by atomic mass is 16.1. The first kappa shape index (κ1) is 8.68. The van der Waals surface area contributed by atoms with Crippen LogP contribution in [0.1, 0.15) is 21.6 Å². The van der Waals surface area contributed by atoms with Crippen LogP contribution < -0.4 is 5.32 Å². The highest BCUT2D eigenvalue weighted by Gasteiger charge is 2.15. The minimum absolute atomic E-state index is 0.752. The van der Waals surface area contributed by atoms with Crippen LogP contribution in [0.15, 0.2) is 18.2 Å². The summed E-state index contributed by atoms with van der Waals surface area (Å²) in [5, 5.41) is 4.52. The zero-order chi connectivity index (χ0) is 10.3. The number of hydrogen-bond donors (Lipinski definition) is 2. The Hall–Kier alpha value is -1.61. The van der Waals surface area contributed by atoms with Gasteiger partial charge in [-0.25, -0.2) is 0 Å². The van der Waals surface area contributed by atoms with Crippen LogP contribution in [0.2, 0.25) is 0 Å². The molecule has 1 aromatic heterocycles. The lowest BCUT2D eigenvalue weighted by Gasteiger charge is -2.12. The maximum absolute atomic E-state index is 10.9. The second-order valence-corrected chi connectivity index (χ2v) is 3.90. The second kappa shape index (κ2) is 3.21. The molecule has 76 valence electrons. The first-order valence-corrected chi connectivity index (χ1v) is 5.18. The average Bonchev–Trinajstić information content (AvgIpc) is 2.67. The van der Waals surface area contributed by atoms with E-state index < -0.39 is 0 Å². The lowest BCUT2D eigenvalue weighted by atomic mass is 10.0. The fraction of sp³-hybridized carbons (Fsp3) is 0.250. The average molecular weight is 200 g/mol. The van der Waals surface area contributed by atoms with Crippen molar-refractivity contribution in [1.29, 1.82) is 0 Å². The Bertz CT molecular complexity index is 528. The van der Waals surface area contributed by atoms with Gasteiger partial charge in [0.2, 0.25) is 0 Å². The van der Waals surface area contributed by atoms with Crippen LogP contribution in [0.25, 0.3) is 10.9 Å². The van der Waals surface area contributed by atoms with Crippen LogP contribution in [-0.2, 0) is 13.0 Å². The molecular formula is C12H12N2O. The third kappa shape index (κ3) is 1.20. The quantitative estimate of drug-likeness (QED) is 0.687. The van der Waals surface area contributed by atoms with Gasteiger partial charge >= 0.3 is 0 Å². The molecule has 15 heavy (non-hydrogen) atoms. The molecule has 3 rings (SSSR count). The normalized spacial score (nSPS) is 15.2. The van der Waals surface area contributed by atoms with E-state index >= 15 is 0 Å². The van der Waals surface area contributed by atoms with Crippen LogP contribution in [0.5, 0.6) is 0 Å². The molecule has 2 heterocycles. The van der Waals surface area contributed by atoms with Crippen molar-refractivity contribution in [1.82, 2.24) is 10.3 Å². The summed E-state index contributed by atoms with van der Waals surface area (Å²) < 4.78 is 0. The fourth-order valence-corrected chi connectivity index (χ4v) is 2.31. The van der Waals surface area contributed by atoms with Gasteiger partial charge in [-0.2, -0.15) is 0 Å². The summed E-state index contributed by atoms with van der Waals surface area (Å²) in [5.74, 6) is 0. The number of aldehydes is 1. The summed E-state index contributed by atoms with van der Waals surface area (Å²) in [4.78, 5) is 14.2. The second-order valence-electron chi connectivity index (χ2n) is 3.90. The topological polar surface area (TPSA) is 44.9 Å². The number of nitrogens with one attached hydrogen (secondary N) is 2. The zero-order valence-corrected chi connectivity index (χ0v) is 8.34. The summed E-state index contributed by atoms with van der Waals surface area (Å²) in [6.07, 6.45) is 1.95. The number of hydrogen-bond acceptors (Lipinski definition) is 2. The van der Waals surface area contributed by atoms with Gasteiger partial charge in [0.05, 0.1) is 5.52 Å². The van der Waals surface area contributed by atoms with Gasteiger partial charge in [-0.05, 0) is 24.6 Å². The molecular weight excluding hydrogens is 188 g/mol. The highest BCUT2D eigenvalue weighted by molar-refractivity contribution is 5.98. The largest absolute Gasteiger partial charge is 0.357 e. The molecule has 0 radical (unpaired) electrons. The number of carbonyl (C=O) groups excluding carboxylic acids is 1. The van der Waals surface area contributed by atoms with Crippen molar-refractivity contribution in [3.8, 4) is 0 Å². The van der Waals surface area contributed by atoms with E-state index in [1.807, 2.05) is 12.1 Å². The Labute approximate surface area is 87.5 Å². The SMILES string of the molecule is O=Cc1cccc2c3c([nH]c12)CNCC3. The highest BCUT2D eigenvalue weighted by Crippen LogP contribution is 2.26. The van der Waals surface area contributed by atoms with Gasteiger partial charge in [0, 0.05) is 23.2 Å². The van der Waals surface area contributed by atoms with E-state index in [9.17, 15) is 4.79 Å². The van der Waals surface area contributed by atoms with E-state index in [0.29, 0.717) is 0 Å². The lowest BCUT2D eigenvalue weighted by molar-refractivity contribution is 0.112. The van der Waals surface area contributed by atoms with Gasteiger partial charge in [-0.3, -0.25) is 4.79 Å². The molecule has 0 bridgehead atoms. The van der Waals surface area contributed by atoms with Gasteiger partial charge in [0.1, 0.15) is 0 Å². The van der Waals surface area contributed by atoms with Crippen LogP contribution in [0, 0.1) is 0 Å². The Morgan fingerprint density at radius 2 is 2.27 bits per heavy atom. The molecule has 2 aromatic rings. The van der Waals surface area contributed by atoms with Gasteiger partial charge in [0.15, 0.2) is 6.29 Å². The predicted octanol–water partition coefficient (Wildman–Crippen LogP) is 1.63. The fourth-order valence-electron chi connectivity index (χ4n) is 2.31. The Balaban J connectivity index is 2.35. The molecule has 0 atom stereocenters. The zero-order valence-electron chi connectivity index (χ0n) is 8.34. The summed E-state index contributed by atoms with van der Waals surface area (Å²) in [5.41, 5.74) is 4.33. The molecule has 0 saturated heterocycles. The molecule has 0 saturated carbocycles. The minimum Gasteiger partial charge on any atom is -0.357 e. The molecule has 1 aliphatic heterocycles. The minimum atomic E-state index is 0.752. The van der Waals surface area contributed by atoms with Crippen LogP contribution in [0.3, 0.4) is 0 Å². The standard InChI is InChI=1S/C12H12N2O/c15-7-8-2-1-3-10-9-4-5-13-6-11(9)14-12(8)10/h1-3,7,13-14H,4-6H2. The van der Waals surface area contributed by atoms with E-state index in [-0.39, 0.29) is 0 Å². The van der Waals surface area contributed by atoms with Gasteiger partial charge in [-0.1, -0.05) is 12.1 Å². The maximum atomic E-state index is 10.9. The summed E-state index contributed by atoms with van der Waals surface area (Å²) in [6, 6.07) is 5.88. The Morgan fingerprint density at radius 1 is 1.33 bits per heavy atom. The number of rotatable bonds is 1. The number of carbonyl (C=O) groups is 1. The summed E-state index contributed by atoms with van der Waals surface area (Å²) in [7, 11) is 0. The molecule has 0 spiro atoms. The Morgan fingerprint density at radius 3 is 3.13 bits per heavy atom. The molecule has 0 amide bonds. The van der Waals surface area contributed by atoms with Crippen LogP contribution in [-0.4, -0.2) is 17.8 Å². The first-order chi connectivity index (χ1) is 7.40. The van der Waals surface area contributed by atoms with Crippen molar-refractivity contribution in [3.05, 3.63) is 35.0 Å². The van der Waals surface area contributed by atoms with Crippen molar-refractivity contribution in [2.45, 2.75) is 13.0 Å². The number of aromatic amines is 1. The van der Waals surface area contributed by atoms with Gasteiger partial charge in [0.25, 0.3) is 0 Å². The maximum Gasteiger partial charge on any atom is 0.152 e. The van der Waals surface area contributed by atoms with Crippen LogP contribution in [0.4, 0.5) is 0 Å². The van der Waals surface area contributed by atoms with E-state index in [4.69, 9.17) is 0 Å². The molecule has 0 unspecified atom stereocenters. The first-order valence-electron chi connectivity index (χ1n) is 5.18. The molecule has 2 N–H and O–H groups in total. The molecule has 1 aromatic carbocycles. The van der Waals surface area contributed by atoms with E-state index in [0.717, 1.165) is 36.9 Å². The number of H-pyrrole nitrogens is 1. The third-order valence-corrected chi connectivity index (χ3v) is 3.04. The number of para-hydroxylation sites is 1. The lowest BCUT2D eigenvalue weighted by Crippen LogP contribution is -2.22. The monoisotopic (exact) mass is 200 g/mol.